The number of anilines is 1. The summed E-state index contributed by atoms with van der Waals surface area (Å²) in [6.45, 7) is 2.05. The third-order valence-electron chi connectivity index (χ3n) is 2.89. The number of carboxylic acid groups (broad SMARTS) is 1. The van der Waals surface area contributed by atoms with E-state index in [0.29, 0.717) is 22.9 Å². The fourth-order valence-electron chi connectivity index (χ4n) is 1.82. The molecule has 2 aromatic carbocycles. The Morgan fingerprint density at radius 1 is 1.35 bits per heavy atom. The number of aromatic carboxylic acids is 1. The number of aryl methyl sites for hydroxylation is 1. The Bertz CT molecular complexity index is 656. The van der Waals surface area contributed by atoms with E-state index in [-0.39, 0.29) is 11.3 Å². The summed E-state index contributed by atoms with van der Waals surface area (Å²) in [6, 6.07) is 10.4. The maximum Gasteiger partial charge on any atom is 0.337 e. The number of nitrogen functional groups attached to an aromatic ring is 1. The molecule has 2 aromatic rings. The third kappa shape index (κ3) is 3.22. The first-order valence-corrected chi connectivity index (χ1v) is 6.36. The van der Waals surface area contributed by atoms with Crippen LogP contribution in [0.4, 0.5) is 5.69 Å². The van der Waals surface area contributed by atoms with Crippen molar-refractivity contribution in [2.24, 2.45) is 0 Å². The van der Waals surface area contributed by atoms with Crippen molar-refractivity contribution in [3.05, 3.63) is 58.1 Å². The van der Waals surface area contributed by atoms with Gasteiger partial charge in [-0.25, -0.2) is 4.79 Å². The lowest BCUT2D eigenvalue weighted by Gasteiger charge is -2.11. The van der Waals surface area contributed by atoms with Gasteiger partial charge in [0.25, 0.3) is 0 Å². The van der Waals surface area contributed by atoms with Gasteiger partial charge in [0.1, 0.15) is 12.4 Å². The largest absolute Gasteiger partial charge is 0.489 e. The van der Waals surface area contributed by atoms with Crippen molar-refractivity contribution in [3.63, 3.8) is 0 Å². The van der Waals surface area contributed by atoms with Crippen LogP contribution in [-0.2, 0) is 6.61 Å². The van der Waals surface area contributed by atoms with Crippen molar-refractivity contribution in [3.8, 4) is 5.75 Å². The number of nitrogens with two attached hydrogens (primary N) is 1. The van der Waals surface area contributed by atoms with Crippen LogP contribution in [0.25, 0.3) is 0 Å². The van der Waals surface area contributed by atoms with Gasteiger partial charge < -0.3 is 15.6 Å². The Morgan fingerprint density at radius 2 is 2.10 bits per heavy atom. The minimum Gasteiger partial charge on any atom is -0.489 e. The molecular weight excluding hydrogens is 278 g/mol. The van der Waals surface area contributed by atoms with E-state index in [1.807, 2.05) is 12.1 Å². The standard InChI is InChI=1S/C15H14ClNO3/c1-9-5-12(7-13(14(9)17)15(18)19)20-8-10-3-2-4-11(16)6-10/h2-7H,8,17H2,1H3,(H,18,19). The number of ether oxygens (including phenoxy) is 1. The zero-order chi connectivity index (χ0) is 14.7. The summed E-state index contributed by atoms with van der Waals surface area (Å²) < 4.78 is 5.60. The highest BCUT2D eigenvalue weighted by Crippen LogP contribution is 2.25. The molecule has 5 heteroatoms. The van der Waals surface area contributed by atoms with Gasteiger partial charge >= 0.3 is 5.97 Å². The van der Waals surface area contributed by atoms with Gasteiger partial charge in [0, 0.05) is 10.7 Å². The summed E-state index contributed by atoms with van der Waals surface area (Å²) >= 11 is 5.89. The van der Waals surface area contributed by atoms with Crippen LogP contribution in [0.3, 0.4) is 0 Å². The van der Waals surface area contributed by atoms with E-state index in [0.717, 1.165) is 5.56 Å². The summed E-state index contributed by atoms with van der Waals surface area (Å²) in [6.07, 6.45) is 0. The van der Waals surface area contributed by atoms with E-state index in [1.54, 1.807) is 25.1 Å². The zero-order valence-corrected chi connectivity index (χ0v) is 11.6. The van der Waals surface area contributed by atoms with Crippen molar-refractivity contribution < 1.29 is 14.6 Å². The molecule has 3 N–H and O–H groups in total. The molecule has 104 valence electrons. The van der Waals surface area contributed by atoms with Crippen LogP contribution in [0.2, 0.25) is 5.02 Å². The lowest BCUT2D eigenvalue weighted by molar-refractivity contribution is 0.0697. The molecule has 0 aliphatic carbocycles. The van der Waals surface area contributed by atoms with E-state index in [9.17, 15) is 4.79 Å². The van der Waals surface area contributed by atoms with Crippen molar-refractivity contribution in [2.75, 3.05) is 5.73 Å². The van der Waals surface area contributed by atoms with Crippen LogP contribution in [0.5, 0.6) is 5.75 Å². The van der Waals surface area contributed by atoms with Crippen molar-refractivity contribution >= 4 is 23.3 Å². The summed E-state index contributed by atoms with van der Waals surface area (Å²) in [5.74, 6) is -0.604. The van der Waals surface area contributed by atoms with E-state index in [2.05, 4.69) is 0 Å². The first-order valence-electron chi connectivity index (χ1n) is 5.98. The first kappa shape index (κ1) is 14.2. The van der Waals surface area contributed by atoms with Crippen LogP contribution >= 0.6 is 11.6 Å². The maximum atomic E-state index is 11.1. The van der Waals surface area contributed by atoms with Crippen molar-refractivity contribution in [2.45, 2.75) is 13.5 Å². The third-order valence-corrected chi connectivity index (χ3v) is 3.12. The molecule has 20 heavy (non-hydrogen) atoms. The normalized spacial score (nSPS) is 10.3. The molecule has 0 heterocycles. The second-order valence-electron chi connectivity index (χ2n) is 4.43. The molecular formula is C15H14ClNO3. The number of hydrogen-bond donors (Lipinski definition) is 2. The van der Waals surface area contributed by atoms with Crippen LogP contribution in [0.1, 0.15) is 21.5 Å². The van der Waals surface area contributed by atoms with Crippen LogP contribution < -0.4 is 10.5 Å². The highest BCUT2D eigenvalue weighted by Gasteiger charge is 2.12. The van der Waals surface area contributed by atoms with Gasteiger partial charge in [-0.15, -0.1) is 0 Å². The van der Waals surface area contributed by atoms with Crippen LogP contribution in [0.15, 0.2) is 36.4 Å². The Labute approximate surface area is 121 Å². The van der Waals surface area contributed by atoms with Crippen LogP contribution in [-0.4, -0.2) is 11.1 Å². The zero-order valence-electron chi connectivity index (χ0n) is 10.9. The first-order chi connectivity index (χ1) is 9.47. The predicted octanol–water partition coefficient (Wildman–Crippen LogP) is 3.51. The van der Waals surface area contributed by atoms with Gasteiger partial charge in [-0.3, -0.25) is 0 Å². The maximum absolute atomic E-state index is 11.1. The van der Waals surface area contributed by atoms with Gasteiger partial charge in [-0.05, 0) is 42.3 Å². The molecule has 0 aliphatic rings. The Morgan fingerprint density at radius 3 is 2.75 bits per heavy atom. The second-order valence-corrected chi connectivity index (χ2v) is 4.86. The number of carbonyl (C=O) groups is 1. The molecule has 0 amide bonds. The van der Waals surface area contributed by atoms with E-state index in [4.69, 9.17) is 27.2 Å². The molecule has 0 aromatic heterocycles. The number of rotatable bonds is 4. The lowest BCUT2D eigenvalue weighted by Crippen LogP contribution is -2.05. The Balaban J connectivity index is 2.20. The van der Waals surface area contributed by atoms with Crippen LogP contribution in [0, 0.1) is 6.92 Å². The second kappa shape index (κ2) is 5.84. The van der Waals surface area contributed by atoms with Gasteiger partial charge in [0.2, 0.25) is 0 Å². The van der Waals surface area contributed by atoms with Crippen molar-refractivity contribution in [1.29, 1.82) is 0 Å². The van der Waals surface area contributed by atoms with Gasteiger partial charge in [0.15, 0.2) is 0 Å². The number of carboxylic acids is 1. The fraction of sp³-hybridized carbons (Fsp3) is 0.133. The monoisotopic (exact) mass is 291 g/mol. The molecule has 0 aliphatic heterocycles. The molecule has 4 nitrogen and oxygen atoms in total. The number of benzene rings is 2. The topological polar surface area (TPSA) is 72.5 Å². The highest BCUT2D eigenvalue weighted by atomic mass is 35.5. The van der Waals surface area contributed by atoms with E-state index >= 15 is 0 Å². The average Bonchev–Trinajstić information content (AvgIpc) is 2.39. The molecule has 0 unspecified atom stereocenters. The van der Waals surface area contributed by atoms with E-state index in [1.165, 1.54) is 6.07 Å². The summed E-state index contributed by atoms with van der Waals surface area (Å²) in [7, 11) is 0. The summed E-state index contributed by atoms with van der Waals surface area (Å²) in [4.78, 5) is 11.1. The molecule has 2 rings (SSSR count). The summed E-state index contributed by atoms with van der Waals surface area (Å²) in [5.41, 5.74) is 7.61. The fourth-order valence-corrected chi connectivity index (χ4v) is 2.03. The molecule has 0 fully saturated rings. The molecule has 0 saturated carbocycles. The Hall–Kier alpha value is -2.20. The molecule has 0 spiro atoms. The Kier molecular flexibility index (Phi) is 4.15. The number of hydrogen-bond acceptors (Lipinski definition) is 3. The smallest absolute Gasteiger partial charge is 0.337 e. The van der Waals surface area contributed by atoms with E-state index < -0.39 is 5.97 Å². The summed E-state index contributed by atoms with van der Waals surface area (Å²) in [5, 5.41) is 9.71. The molecule has 0 bridgehead atoms. The predicted molar refractivity (Wildman–Crippen MR) is 78.3 cm³/mol. The quantitative estimate of drug-likeness (QED) is 0.846. The minimum atomic E-state index is -1.07. The minimum absolute atomic E-state index is 0.0473. The average molecular weight is 292 g/mol. The molecule has 0 saturated heterocycles. The number of halogens is 1. The lowest BCUT2D eigenvalue weighted by atomic mass is 10.1. The molecule has 0 radical (unpaired) electrons. The van der Waals surface area contributed by atoms with Gasteiger partial charge in [0.05, 0.1) is 5.56 Å². The van der Waals surface area contributed by atoms with Gasteiger partial charge in [-0.1, -0.05) is 23.7 Å². The highest BCUT2D eigenvalue weighted by molar-refractivity contribution is 6.30. The SMILES string of the molecule is Cc1cc(OCc2cccc(Cl)c2)cc(C(=O)O)c1N. The molecule has 0 atom stereocenters. The van der Waals surface area contributed by atoms with Crippen molar-refractivity contribution in [1.82, 2.24) is 0 Å². The van der Waals surface area contributed by atoms with Gasteiger partial charge in [-0.2, -0.15) is 0 Å².